The maximum Gasteiger partial charge on any atom is 0.161 e. The number of hydrogen-bond donors (Lipinski definition) is 0. The number of ether oxygens (including phenoxy) is 3. The molecule has 0 unspecified atom stereocenters. The lowest BCUT2D eigenvalue weighted by Crippen LogP contribution is -2.06. The van der Waals surface area contributed by atoms with Crippen molar-refractivity contribution >= 4 is 6.08 Å². The topological polar surface area (TPSA) is 27.7 Å². The van der Waals surface area contributed by atoms with Crippen LogP contribution in [0, 0.1) is 0 Å². The zero-order valence-electron chi connectivity index (χ0n) is 10.2. The van der Waals surface area contributed by atoms with Gasteiger partial charge in [-0.2, -0.15) is 0 Å². The highest BCUT2D eigenvalue weighted by atomic mass is 16.5. The molecule has 16 heavy (non-hydrogen) atoms. The van der Waals surface area contributed by atoms with Crippen molar-refractivity contribution in [1.29, 1.82) is 0 Å². The summed E-state index contributed by atoms with van der Waals surface area (Å²) in [6.07, 6.45) is 3.62. The fraction of sp³-hybridized carbons (Fsp3) is 0.385. The summed E-state index contributed by atoms with van der Waals surface area (Å²) < 4.78 is 15.7. The molecule has 0 aromatic heterocycles. The lowest BCUT2D eigenvalue weighted by Gasteiger charge is -2.13. The van der Waals surface area contributed by atoms with Gasteiger partial charge in [0.05, 0.1) is 26.6 Å². The van der Waals surface area contributed by atoms with Gasteiger partial charge in [0.15, 0.2) is 11.5 Å². The second-order valence-electron chi connectivity index (χ2n) is 3.62. The van der Waals surface area contributed by atoms with E-state index in [-0.39, 0.29) is 6.10 Å². The van der Waals surface area contributed by atoms with Crippen LogP contribution in [0.25, 0.3) is 6.08 Å². The Morgan fingerprint density at radius 2 is 1.88 bits per heavy atom. The van der Waals surface area contributed by atoms with Crippen molar-refractivity contribution in [1.82, 2.24) is 0 Å². The van der Waals surface area contributed by atoms with Crippen molar-refractivity contribution in [3.05, 3.63) is 30.0 Å². The summed E-state index contributed by atoms with van der Waals surface area (Å²) in [7, 11) is 3.25. The molecule has 0 aliphatic rings. The number of benzene rings is 1. The van der Waals surface area contributed by atoms with Crippen LogP contribution in [0.2, 0.25) is 0 Å². The standard InChI is InChI=1S/C13H18O3/c1-10(2)16-12-6-5-11(7-8-14-3)9-13(12)15-4/h5-10H,1-4H3/b8-7+. The normalized spacial score (nSPS) is 10.8. The van der Waals surface area contributed by atoms with Gasteiger partial charge in [-0.05, 0) is 37.6 Å². The average Bonchev–Trinajstić information content (AvgIpc) is 2.27. The van der Waals surface area contributed by atoms with Crippen LogP contribution >= 0.6 is 0 Å². The highest BCUT2D eigenvalue weighted by Crippen LogP contribution is 2.29. The van der Waals surface area contributed by atoms with Gasteiger partial charge < -0.3 is 14.2 Å². The molecule has 1 aromatic rings. The first-order valence-electron chi connectivity index (χ1n) is 5.21. The maximum absolute atomic E-state index is 5.62. The molecule has 1 aromatic carbocycles. The predicted molar refractivity (Wildman–Crippen MR) is 64.8 cm³/mol. The lowest BCUT2D eigenvalue weighted by atomic mass is 10.2. The zero-order chi connectivity index (χ0) is 12.0. The molecule has 0 radical (unpaired) electrons. The van der Waals surface area contributed by atoms with Gasteiger partial charge in [-0.1, -0.05) is 6.07 Å². The van der Waals surface area contributed by atoms with E-state index in [0.717, 1.165) is 17.1 Å². The Kier molecular flexibility index (Phi) is 4.70. The largest absolute Gasteiger partial charge is 0.504 e. The molecule has 0 bridgehead atoms. The zero-order valence-corrected chi connectivity index (χ0v) is 10.2. The van der Waals surface area contributed by atoms with E-state index >= 15 is 0 Å². The van der Waals surface area contributed by atoms with Crippen LogP contribution in [0.3, 0.4) is 0 Å². The smallest absolute Gasteiger partial charge is 0.161 e. The van der Waals surface area contributed by atoms with E-state index in [1.165, 1.54) is 0 Å². The van der Waals surface area contributed by atoms with Crippen LogP contribution in [0.15, 0.2) is 24.5 Å². The first-order valence-corrected chi connectivity index (χ1v) is 5.21. The molecule has 0 saturated heterocycles. The molecular formula is C13H18O3. The minimum atomic E-state index is 0.134. The fourth-order valence-electron chi connectivity index (χ4n) is 1.29. The van der Waals surface area contributed by atoms with Gasteiger partial charge in [0.25, 0.3) is 0 Å². The van der Waals surface area contributed by atoms with E-state index < -0.39 is 0 Å². The number of methoxy groups -OCH3 is 2. The van der Waals surface area contributed by atoms with Crippen molar-refractivity contribution in [3.8, 4) is 11.5 Å². The first-order chi connectivity index (χ1) is 7.67. The van der Waals surface area contributed by atoms with E-state index in [1.807, 2.05) is 38.1 Å². The molecule has 0 fully saturated rings. The third-order valence-electron chi connectivity index (χ3n) is 1.95. The summed E-state index contributed by atoms with van der Waals surface area (Å²) in [6, 6.07) is 5.76. The van der Waals surface area contributed by atoms with Gasteiger partial charge in [-0.3, -0.25) is 0 Å². The Morgan fingerprint density at radius 3 is 2.44 bits per heavy atom. The van der Waals surface area contributed by atoms with Crippen molar-refractivity contribution in [2.45, 2.75) is 20.0 Å². The second kappa shape index (κ2) is 6.05. The second-order valence-corrected chi connectivity index (χ2v) is 3.62. The quantitative estimate of drug-likeness (QED) is 0.716. The first kappa shape index (κ1) is 12.4. The molecule has 0 aliphatic carbocycles. The molecule has 1 rings (SSSR count). The SMILES string of the molecule is CO/C=C/c1ccc(OC(C)C)c(OC)c1. The van der Waals surface area contributed by atoms with E-state index in [1.54, 1.807) is 20.5 Å². The molecule has 0 aliphatic heterocycles. The van der Waals surface area contributed by atoms with Gasteiger partial charge in [-0.15, -0.1) is 0 Å². The van der Waals surface area contributed by atoms with E-state index in [0.29, 0.717) is 0 Å². The molecule has 3 nitrogen and oxygen atoms in total. The molecule has 0 N–H and O–H groups in total. The minimum Gasteiger partial charge on any atom is -0.504 e. The van der Waals surface area contributed by atoms with Crippen LogP contribution in [0.1, 0.15) is 19.4 Å². The fourth-order valence-corrected chi connectivity index (χ4v) is 1.29. The van der Waals surface area contributed by atoms with Crippen molar-refractivity contribution in [2.24, 2.45) is 0 Å². The highest BCUT2D eigenvalue weighted by molar-refractivity contribution is 5.55. The molecule has 0 spiro atoms. The monoisotopic (exact) mass is 222 g/mol. The van der Waals surface area contributed by atoms with Gasteiger partial charge in [0, 0.05) is 0 Å². The summed E-state index contributed by atoms with van der Waals surface area (Å²) in [6.45, 7) is 3.97. The molecule has 0 saturated carbocycles. The van der Waals surface area contributed by atoms with Crippen molar-refractivity contribution < 1.29 is 14.2 Å². The van der Waals surface area contributed by atoms with Gasteiger partial charge in [0.1, 0.15) is 0 Å². The number of rotatable bonds is 5. The predicted octanol–water partition coefficient (Wildman–Crippen LogP) is 3.10. The maximum atomic E-state index is 5.62. The van der Waals surface area contributed by atoms with Crippen LogP contribution in [-0.2, 0) is 4.74 Å². The van der Waals surface area contributed by atoms with E-state index in [9.17, 15) is 0 Å². The van der Waals surface area contributed by atoms with Crippen LogP contribution in [-0.4, -0.2) is 20.3 Å². The van der Waals surface area contributed by atoms with Gasteiger partial charge in [0.2, 0.25) is 0 Å². The Labute approximate surface area is 96.6 Å². The highest BCUT2D eigenvalue weighted by Gasteiger charge is 2.06. The summed E-state index contributed by atoms with van der Waals surface area (Å²) in [4.78, 5) is 0. The molecule has 88 valence electrons. The Balaban J connectivity index is 2.92. The molecule has 3 heteroatoms. The molecule has 0 heterocycles. The Hall–Kier alpha value is -1.64. The van der Waals surface area contributed by atoms with Crippen LogP contribution < -0.4 is 9.47 Å². The van der Waals surface area contributed by atoms with Crippen molar-refractivity contribution in [2.75, 3.05) is 14.2 Å². The average molecular weight is 222 g/mol. The van der Waals surface area contributed by atoms with Gasteiger partial charge in [-0.25, -0.2) is 0 Å². The van der Waals surface area contributed by atoms with Crippen LogP contribution in [0.4, 0.5) is 0 Å². The molecule has 0 atom stereocenters. The third kappa shape index (κ3) is 3.50. The van der Waals surface area contributed by atoms with E-state index in [4.69, 9.17) is 14.2 Å². The van der Waals surface area contributed by atoms with Crippen LogP contribution in [0.5, 0.6) is 11.5 Å². The summed E-state index contributed by atoms with van der Waals surface area (Å²) in [5, 5.41) is 0. The summed E-state index contributed by atoms with van der Waals surface area (Å²) >= 11 is 0. The van der Waals surface area contributed by atoms with Gasteiger partial charge >= 0.3 is 0 Å². The third-order valence-corrected chi connectivity index (χ3v) is 1.95. The number of hydrogen-bond acceptors (Lipinski definition) is 3. The Morgan fingerprint density at radius 1 is 1.12 bits per heavy atom. The minimum absolute atomic E-state index is 0.134. The molecule has 0 amide bonds. The lowest BCUT2D eigenvalue weighted by molar-refractivity contribution is 0.230. The summed E-state index contributed by atoms with van der Waals surface area (Å²) in [5.74, 6) is 1.49. The van der Waals surface area contributed by atoms with E-state index in [2.05, 4.69) is 0 Å². The van der Waals surface area contributed by atoms with Crippen molar-refractivity contribution in [3.63, 3.8) is 0 Å². The summed E-state index contributed by atoms with van der Waals surface area (Å²) in [5.41, 5.74) is 1.01. The Bertz CT molecular complexity index is 356. The molecular weight excluding hydrogens is 204 g/mol.